The van der Waals surface area contributed by atoms with E-state index in [0.29, 0.717) is 11.1 Å². The predicted octanol–water partition coefficient (Wildman–Crippen LogP) is 4.10. The number of aromatic hydroxyl groups is 1. The number of aromatic carboxylic acids is 1. The summed E-state index contributed by atoms with van der Waals surface area (Å²) in [4.78, 5) is 41.6. The first-order valence-corrected chi connectivity index (χ1v) is 11.0. The fourth-order valence-electron chi connectivity index (χ4n) is 3.85. The van der Waals surface area contributed by atoms with E-state index in [0.717, 1.165) is 31.4 Å². The van der Waals surface area contributed by atoms with Crippen LogP contribution >= 0.6 is 0 Å². The quantitative estimate of drug-likeness (QED) is 0.322. The number of rotatable bonds is 7. The van der Waals surface area contributed by atoms with Crippen molar-refractivity contribution in [3.63, 3.8) is 0 Å². The van der Waals surface area contributed by atoms with Crippen LogP contribution in [-0.4, -0.2) is 46.2 Å². The molecular formula is C27H20F2N2O6. The molecule has 0 bridgehead atoms. The fraction of sp³-hybridized carbons (Fsp3) is 0.111. The lowest BCUT2D eigenvalue weighted by Gasteiger charge is -2.17. The third-order valence-corrected chi connectivity index (χ3v) is 5.63. The number of carboxylic acids is 1. The molecule has 1 heterocycles. The number of hydrogen-bond donors (Lipinski definition) is 3. The number of phenols is 1. The number of nitrogens with one attached hydrogen (secondary N) is 1. The number of hydrogen-bond acceptors (Lipinski definition) is 6. The third-order valence-electron chi connectivity index (χ3n) is 5.63. The minimum Gasteiger partial charge on any atom is -0.508 e. The number of carbonyl (C=O) groups is 3. The van der Waals surface area contributed by atoms with Crippen LogP contribution in [0.15, 0.2) is 66.7 Å². The van der Waals surface area contributed by atoms with Crippen LogP contribution in [0.3, 0.4) is 0 Å². The largest absolute Gasteiger partial charge is 0.508 e. The van der Waals surface area contributed by atoms with Crippen molar-refractivity contribution in [3.05, 3.63) is 95.2 Å². The topological polar surface area (TPSA) is 126 Å². The van der Waals surface area contributed by atoms with Crippen molar-refractivity contribution in [1.82, 2.24) is 10.3 Å². The number of pyridine rings is 1. The van der Waals surface area contributed by atoms with Crippen molar-refractivity contribution in [3.8, 4) is 16.9 Å². The molecular weight excluding hydrogens is 486 g/mol. The van der Waals surface area contributed by atoms with Crippen LogP contribution in [0.5, 0.6) is 5.75 Å². The first kappa shape index (κ1) is 25.2. The molecule has 0 saturated heterocycles. The molecule has 4 rings (SSSR count). The molecule has 1 unspecified atom stereocenters. The molecule has 0 aliphatic rings. The predicted molar refractivity (Wildman–Crippen MR) is 129 cm³/mol. The van der Waals surface area contributed by atoms with Crippen LogP contribution < -0.4 is 5.32 Å². The number of aromatic nitrogens is 1. The maximum atomic E-state index is 13.7. The average Bonchev–Trinajstić information content (AvgIpc) is 2.87. The number of nitrogens with zero attached hydrogens (tertiary/aromatic N) is 1. The van der Waals surface area contributed by atoms with E-state index in [1.165, 1.54) is 30.3 Å². The number of amides is 1. The smallest absolute Gasteiger partial charge is 0.336 e. The van der Waals surface area contributed by atoms with Crippen LogP contribution in [0.1, 0.15) is 26.4 Å². The Kier molecular flexibility index (Phi) is 7.10. The first-order chi connectivity index (χ1) is 17.6. The summed E-state index contributed by atoms with van der Waals surface area (Å²) in [5.74, 6) is -4.42. The number of benzene rings is 3. The Hall–Kier alpha value is -4.86. The Balaban J connectivity index is 1.68. The van der Waals surface area contributed by atoms with Gasteiger partial charge in [0, 0.05) is 17.9 Å². The molecule has 0 fully saturated rings. The summed E-state index contributed by atoms with van der Waals surface area (Å²) < 4.78 is 32.1. The minimum atomic E-state index is -1.35. The van der Waals surface area contributed by atoms with Crippen molar-refractivity contribution in [2.24, 2.45) is 0 Å². The van der Waals surface area contributed by atoms with E-state index in [4.69, 9.17) is 4.74 Å². The van der Waals surface area contributed by atoms with Gasteiger partial charge in [-0.15, -0.1) is 0 Å². The zero-order chi connectivity index (χ0) is 26.7. The monoisotopic (exact) mass is 506 g/mol. The van der Waals surface area contributed by atoms with Gasteiger partial charge < -0.3 is 20.3 Å². The molecule has 0 aliphatic heterocycles. The van der Waals surface area contributed by atoms with E-state index in [-0.39, 0.29) is 39.9 Å². The summed E-state index contributed by atoms with van der Waals surface area (Å²) >= 11 is 0. The minimum absolute atomic E-state index is 0.0367. The van der Waals surface area contributed by atoms with Crippen molar-refractivity contribution in [1.29, 1.82) is 0 Å². The number of methoxy groups -OCH3 is 1. The van der Waals surface area contributed by atoms with Crippen LogP contribution in [-0.2, 0) is 16.0 Å². The van der Waals surface area contributed by atoms with Crippen molar-refractivity contribution >= 4 is 28.7 Å². The summed E-state index contributed by atoms with van der Waals surface area (Å²) in [6, 6.07) is 13.3. The van der Waals surface area contributed by atoms with Gasteiger partial charge in [-0.25, -0.2) is 23.4 Å². The van der Waals surface area contributed by atoms with Gasteiger partial charge in [0.1, 0.15) is 29.1 Å². The number of phenolic OH excluding ortho intramolecular Hbond substituents is 1. The van der Waals surface area contributed by atoms with Gasteiger partial charge in [-0.3, -0.25) is 4.79 Å². The van der Waals surface area contributed by atoms with Gasteiger partial charge >= 0.3 is 11.9 Å². The highest BCUT2D eigenvalue weighted by atomic mass is 19.1. The lowest BCUT2D eigenvalue weighted by Crippen LogP contribution is -2.43. The Bertz CT molecular complexity index is 1500. The van der Waals surface area contributed by atoms with Crippen LogP contribution in [0.4, 0.5) is 8.78 Å². The molecule has 0 radical (unpaired) electrons. The van der Waals surface area contributed by atoms with Crippen LogP contribution in [0.2, 0.25) is 0 Å². The highest BCUT2D eigenvalue weighted by Crippen LogP contribution is 2.28. The molecule has 1 atom stereocenters. The van der Waals surface area contributed by atoms with E-state index in [1.54, 1.807) is 12.1 Å². The van der Waals surface area contributed by atoms with Gasteiger partial charge in [-0.05, 0) is 59.2 Å². The number of carboxylic acid groups (broad SMARTS) is 1. The van der Waals surface area contributed by atoms with Crippen molar-refractivity contribution in [2.75, 3.05) is 7.11 Å². The van der Waals surface area contributed by atoms with Gasteiger partial charge in [0.15, 0.2) is 0 Å². The standard InChI is InChI=1S/C27H20F2N2O6/c1-37-27(36)24(8-14-2-5-19(32)6-3-14)31-25(33)23-13-21(26(34)35)20-11-15(4-7-22(20)30-23)16-9-17(28)12-18(29)10-16/h2-7,9-13,24,32H,8H2,1H3,(H,31,33)(H,34,35). The molecule has 188 valence electrons. The summed E-state index contributed by atoms with van der Waals surface area (Å²) in [5, 5.41) is 21.9. The normalized spacial score (nSPS) is 11.6. The lowest BCUT2D eigenvalue weighted by atomic mass is 9.99. The lowest BCUT2D eigenvalue weighted by molar-refractivity contribution is -0.142. The number of ether oxygens (including phenoxy) is 1. The maximum absolute atomic E-state index is 13.7. The Morgan fingerprint density at radius 2 is 1.62 bits per heavy atom. The number of halogens is 2. The summed E-state index contributed by atoms with van der Waals surface area (Å²) in [6.45, 7) is 0. The maximum Gasteiger partial charge on any atom is 0.336 e. The number of carbonyl (C=O) groups excluding carboxylic acids is 2. The molecule has 1 amide bonds. The Labute approximate surface area is 209 Å². The van der Waals surface area contributed by atoms with Crippen LogP contribution in [0, 0.1) is 11.6 Å². The van der Waals surface area contributed by atoms with Gasteiger partial charge in [-0.1, -0.05) is 18.2 Å². The molecule has 0 saturated carbocycles. The molecule has 3 N–H and O–H groups in total. The van der Waals surface area contributed by atoms with E-state index in [9.17, 15) is 33.4 Å². The highest BCUT2D eigenvalue weighted by Gasteiger charge is 2.25. The van der Waals surface area contributed by atoms with Crippen molar-refractivity contribution in [2.45, 2.75) is 12.5 Å². The van der Waals surface area contributed by atoms with Crippen LogP contribution in [0.25, 0.3) is 22.0 Å². The summed E-state index contributed by atoms with van der Waals surface area (Å²) in [5.41, 5.74) is 0.821. The van der Waals surface area contributed by atoms with Gasteiger partial charge in [-0.2, -0.15) is 0 Å². The van der Waals surface area contributed by atoms with E-state index in [2.05, 4.69) is 10.3 Å². The second-order valence-electron chi connectivity index (χ2n) is 8.17. The Morgan fingerprint density at radius 3 is 2.24 bits per heavy atom. The van der Waals surface area contributed by atoms with E-state index in [1.807, 2.05) is 0 Å². The molecule has 10 heteroatoms. The molecule has 37 heavy (non-hydrogen) atoms. The summed E-state index contributed by atoms with van der Waals surface area (Å²) in [6.07, 6.45) is 0.0472. The van der Waals surface area contributed by atoms with Gasteiger partial charge in [0.05, 0.1) is 18.2 Å². The van der Waals surface area contributed by atoms with Crippen molar-refractivity contribution < 1.29 is 38.1 Å². The van der Waals surface area contributed by atoms with Gasteiger partial charge in [0.25, 0.3) is 5.91 Å². The van der Waals surface area contributed by atoms with E-state index < -0.39 is 35.5 Å². The highest BCUT2D eigenvalue weighted by molar-refractivity contribution is 6.07. The second kappa shape index (κ2) is 10.4. The van der Waals surface area contributed by atoms with Gasteiger partial charge in [0.2, 0.25) is 0 Å². The zero-order valence-corrected chi connectivity index (χ0v) is 19.4. The average molecular weight is 506 g/mol. The molecule has 4 aromatic rings. The number of fused-ring (bicyclic) bond motifs is 1. The van der Waals surface area contributed by atoms with E-state index >= 15 is 0 Å². The molecule has 0 spiro atoms. The SMILES string of the molecule is COC(=O)C(Cc1ccc(O)cc1)NC(=O)c1cc(C(=O)O)c2cc(-c3cc(F)cc(F)c3)ccc2n1. The fourth-order valence-corrected chi connectivity index (χ4v) is 3.85. The number of esters is 1. The second-order valence-corrected chi connectivity index (χ2v) is 8.17. The summed E-state index contributed by atoms with van der Waals surface area (Å²) in [7, 11) is 1.16. The zero-order valence-electron chi connectivity index (χ0n) is 19.4. The molecule has 8 nitrogen and oxygen atoms in total. The first-order valence-electron chi connectivity index (χ1n) is 11.0. The molecule has 0 aliphatic carbocycles. The molecule has 3 aromatic carbocycles. The third kappa shape index (κ3) is 5.69. The molecule has 1 aromatic heterocycles. The Morgan fingerprint density at radius 1 is 0.946 bits per heavy atom.